The molecule has 3 rings (SSSR count). The Hall–Kier alpha value is -2.25. The maximum Gasteiger partial charge on any atom is 0.283 e. The maximum absolute atomic E-state index is 12.6. The van der Waals surface area contributed by atoms with Crippen molar-refractivity contribution in [2.45, 2.75) is 30.2 Å². The lowest BCUT2D eigenvalue weighted by Gasteiger charge is -2.26. The number of nitrogens with zero attached hydrogens (tertiary/aromatic N) is 1. The van der Waals surface area contributed by atoms with Crippen LogP contribution in [0.2, 0.25) is 0 Å². The molecule has 8 heteroatoms. The van der Waals surface area contributed by atoms with Crippen molar-refractivity contribution in [2.75, 3.05) is 12.0 Å². The molecule has 0 heterocycles. The molecule has 0 saturated carbocycles. The van der Waals surface area contributed by atoms with Gasteiger partial charge in [0, 0.05) is 17.3 Å². The molecule has 0 spiro atoms. The quantitative estimate of drug-likeness (QED) is 0.352. The molecule has 138 valence electrons. The van der Waals surface area contributed by atoms with Gasteiger partial charge in [0.2, 0.25) is 0 Å². The summed E-state index contributed by atoms with van der Waals surface area (Å²) in [5, 5.41) is 14.2. The van der Waals surface area contributed by atoms with Crippen molar-refractivity contribution in [3.05, 3.63) is 63.2 Å². The van der Waals surface area contributed by atoms with Crippen molar-refractivity contribution >= 4 is 41.5 Å². The summed E-state index contributed by atoms with van der Waals surface area (Å²) in [5.74, 6) is -0.301. The number of nitrogens with two attached hydrogens (primary N) is 1. The number of anilines is 1. The number of rotatable bonds is 4. The number of aryl methyl sites for hydroxylation is 1. The third kappa shape index (κ3) is 4.11. The summed E-state index contributed by atoms with van der Waals surface area (Å²) >= 11 is 1.29. The molecule has 0 aliphatic heterocycles. The highest BCUT2D eigenvalue weighted by Crippen LogP contribution is 2.32. The van der Waals surface area contributed by atoms with Crippen molar-refractivity contribution in [1.29, 1.82) is 0 Å². The third-order valence-electron chi connectivity index (χ3n) is 4.42. The fourth-order valence-corrected chi connectivity index (χ4v) is 3.75. The second kappa shape index (κ2) is 8.42. The highest BCUT2D eigenvalue weighted by molar-refractivity contribution is 7.98. The smallest absolute Gasteiger partial charge is 0.283 e. The van der Waals surface area contributed by atoms with Crippen LogP contribution in [0.25, 0.3) is 0 Å². The van der Waals surface area contributed by atoms with Gasteiger partial charge in [-0.25, -0.2) is 0 Å². The zero-order valence-electron chi connectivity index (χ0n) is 14.2. The minimum Gasteiger partial charge on any atom is -0.399 e. The SMILES string of the molecule is CSc1ccc(C(=O)NC2CCCc3cc(N)ccc32)cc1[N+](=O)[O-].Cl. The molecule has 26 heavy (non-hydrogen) atoms. The third-order valence-corrected chi connectivity index (χ3v) is 5.21. The molecule has 2 aromatic rings. The molecule has 1 amide bonds. The molecule has 1 aliphatic carbocycles. The van der Waals surface area contributed by atoms with Crippen LogP contribution in [-0.2, 0) is 6.42 Å². The molecular weight excluding hydrogens is 374 g/mol. The fourth-order valence-electron chi connectivity index (χ4n) is 3.20. The maximum atomic E-state index is 12.6. The van der Waals surface area contributed by atoms with E-state index in [9.17, 15) is 14.9 Å². The summed E-state index contributed by atoms with van der Waals surface area (Å²) in [6.45, 7) is 0. The van der Waals surface area contributed by atoms with E-state index in [-0.39, 0.29) is 30.0 Å². The number of nitrogen functional groups attached to an aromatic ring is 1. The van der Waals surface area contributed by atoms with Gasteiger partial charge in [-0.15, -0.1) is 24.2 Å². The van der Waals surface area contributed by atoms with Crippen LogP contribution in [0.1, 0.15) is 40.4 Å². The van der Waals surface area contributed by atoms with Crippen LogP contribution in [0.15, 0.2) is 41.3 Å². The monoisotopic (exact) mass is 393 g/mol. The number of amides is 1. The Bertz CT molecular complexity index is 844. The Morgan fingerprint density at radius 3 is 2.77 bits per heavy atom. The van der Waals surface area contributed by atoms with Gasteiger partial charge in [-0.3, -0.25) is 14.9 Å². The van der Waals surface area contributed by atoms with Gasteiger partial charge in [0.25, 0.3) is 11.6 Å². The molecule has 0 fully saturated rings. The first-order valence-corrected chi connectivity index (χ1v) is 9.23. The number of halogens is 1. The van der Waals surface area contributed by atoms with Gasteiger partial charge in [-0.1, -0.05) is 6.07 Å². The molecule has 1 aliphatic rings. The van der Waals surface area contributed by atoms with E-state index in [0.717, 1.165) is 30.4 Å². The lowest BCUT2D eigenvalue weighted by molar-refractivity contribution is -0.387. The number of nitrogens with one attached hydrogen (secondary N) is 1. The van der Waals surface area contributed by atoms with E-state index in [1.807, 2.05) is 18.2 Å². The molecule has 1 unspecified atom stereocenters. The molecule has 2 aromatic carbocycles. The molecule has 0 bridgehead atoms. The number of thioether (sulfide) groups is 1. The Morgan fingerprint density at radius 2 is 2.08 bits per heavy atom. The van der Waals surface area contributed by atoms with Crippen LogP contribution in [-0.4, -0.2) is 17.1 Å². The van der Waals surface area contributed by atoms with Crippen molar-refractivity contribution in [3.8, 4) is 0 Å². The average molecular weight is 394 g/mol. The fraction of sp³-hybridized carbons (Fsp3) is 0.278. The Labute approximate surface area is 162 Å². The van der Waals surface area contributed by atoms with E-state index < -0.39 is 4.92 Å². The zero-order valence-corrected chi connectivity index (χ0v) is 15.9. The Kier molecular flexibility index (Phi) is 6.50. The lowest BCUT2D eigenvalue weighted by Crippen LogP contribution is -2.31. The van der Waals surface area contributed by atoms with E-state index in [0.29, 0.717) is 16.1 Å². The molecular formula is C18H20ClN3O3S. The Balaban J connectivity index is 0.00000243. The number of benzene rings is 2. The normalized spacial score (nSPS) is 15.5. The van der Waals surface area contributed by atoms with Crippen molar-refractivity contribution < 1.29 is 9.72 Å². The van der Waals surface area contributed by atoms with Crippen molar-refractivity contribution in [2.24, 2.45) is 0 Å². The van der Waals surface area contributed by atoms with Crippen LogP contribution in [0.4, 0.5) is 11.4 Å². The second-order valence-corrected chi connectivity index (χ2v) is 6.87. The van der Waals surface area contributed by atoms with Gasteiger partial charge in [0.15, 0.2) is 0 Å². The number of hydrogen-bond acceptors (Lipinski definition) is 5. The van der Waals surface area contributed by atoms with E-state index in [4.69, 9.17) is 5.73 Å². The summed E-state index contributed by atoms with van der Waals surface area (Å²) in [6.07, 6.45) is 4.52. The summed E-state index contributed by atoms with van der Waals surface area (Å²) in [7, 11) is 0. The van der Waals surface area contributed by atoms with Gasteiger partial charge in [0.05, 0.1) is 15.9 Å². The van der Waals surface area contributed by atoms with Crippen molar-refractivity contribution in [1.82, 2.24) is 5.32 Å². The first-order valence-electron chi connectivity index (χ1n) is 8.01. The number of carbonyl (C=O) groups is 1. The van der Waals surface area contributed by atoms with Crippen LogP contribution in [0.5, 0.6) is 0 Å². The first-order chi connectivity index (χ1) is 12.0. The Morgan fingerprint density at radius 1 is 1.31 bits per heavy atom. The highest BCUT2D eigenvalue weighted by atomic mass is 35.5. The van der Waals surface area contributed by atoms with Gasteiger partial charge in [-0.05, 0) is 60.9 Å². The topological polar surface area (TPSA) is 98.3 Å². The van der Waals surface area contributed by atoms with Crippen LogP contribution >= 0.6 is 24.2 Å². The van der Waals surface area contributed by atoms with E-state index in [1.165, 1.54) is 17.8 Å². The zero-order chi connectivity index (χ0) is 18.0. The summed E-state index contributed by atoms with van der Waals surface area (Å²) < 4.78 is 0. The summed E-state index contributed by atoms with van der Waals surface area (Å²) in [6, 6.07) is 10.2. The number of nitro benzene ring substituents is 1. The predicted octanol–water partition coefficient (Wildman–Crippen LogP) is 4.13. The highest BCUT2D eigenvalue weighted by Gasteiger charge is 2.24. The average Bonchev–Trinajstić information content (AvgIpc) is 2.60. The molecule has 3 N–H and O–H groups in total. The minimum atomic E-state index is -0.457. The van der Waals surface area contributed by atoms with Crippen LogP contribution < -0.4 is 11.1 Å². The van der Waals surface area contributed by atoms with Crippen molar-refractivity contribution in [3.63, 3.8) is 0 Å². The second-order valence-electron chi connectivity index (χ2n) is 6.02. The summed E-state index contributed by atoms with van der Waals surface area (Å²) in [5.41, 5.74) is 9.04. The van der Waals surface area contributed by atoms with E-state index >= 15 is 0 Å². The molecule has 0 radical (unpaired) electrons. The molecule has 0 aromatic heterocycles. The predicted molar refractivity (Wildman–Crippen MR) is 106 cm³/mol. The lowest BCUT2D eigenvalue weighted by atomic mass is 9.87. The number of carbonyl (C=O) groups excluding carboxylic acids is 1. The van der Waals surface area contributed by atoms with Crippen LogP contribution in [0, 0.1) is 10.1 Å². The van der Waals surface area contributed by atoms with Gasteiger partial charge in [-0.2, -0.15) is 0 Å². The first kappa shape index (κ1) is 20.1. The minimum absolute atomic E-state index is 0. The number of nitro groups is 1. The molecule has 6 nitrogen and oxygen atoms in total. The van der Waals surface area contributed by atoms with E-state index in [1.54, 1.807) is 18.4 Å². The van der Waals surface area contributed by atoms with Crippen LogP contribution in [0.3, 0.4) is 0 Å². The standard InChI is InChI=1S/C18H19N3O3S.ClH/c1-25-17-8-5-12(10-16(17)21(23)24)18(22)20-15-4-2-3-11-9-13(19)6-7-14(11)15;/h5-10,15H,2-4,19H2,1H3,(H,20,22);1H. The number of fused-ring (bicyclic) bond motifs is 1. The largest absolute Gasteiger partial charge is 0.399 e. The summed E-state index contributed by atoms with van der Waals surface area (Å²) in [4.78, 5) is 23.9. The molecule has 1 atom stereocenters. The number of hydrogen-bond donors (Lipinski definition) is 2. The van der Waals surface area contributed by atoms with Gasteiger partial charge in [0.1, 0.15) is 0 Å². The van der Waals surface area contributed by atoms with Gasteiger partial charge < -0.3 is 11.1 Å². The molecule has 0 saturated heterocycles. The van der Waals surface area contributed by atoms with Gasteiger partial charge >= 0.3 is 0 Å². The van der Waals surface area contributed by atoms with E-state index in [2.05, 4.69) is 5.32 Å².